The van der Waals surface area contributed by atoms with Gasteiger partial charge in [0.1, 0.15) is 18.2 Å². The molecule has 1 amide bonds. The van der Waals surface area contributed by atoms with Crippen molar-refractivity contribution in [1.82, 2.24) is 27.0 Å². The Labute approximate surface area is 372 Å². The number of hydrogen-bond donors (Lipinski definition) is 7. The molecule has 60 heavy (non-hydrogen) atoms. The minimum Gasteiger partial charge on any atom is -0.481 e. The summed E-state index contributed by atoms with van der Waals surface area (Å²) in [5, 5.41) is 27.2. The van der Waals surface area contributed by atoms with Gasteiger partial charge in [0.25, 0.3) is 0 Å². The van der Waals surface area contributed by atoms with Crippen molar-refractivity contribution >= 4 is 74.7 Å². The Kier molecular flexibility index (Phi) is 34.0. The highest BCUT2D eigenvalue weighted by molar-refractivity contribution is 7.80. The summed E-state index contributed by atoms with van der Waals surface area (Å²) >= 11 is 11.0. The molecule has 3 aromatic rings. The van der Waals surface area contributed by atoms with E-state index in [1.165, 1.54) is 11.3 Å². The number of nitrogens with two attached hydrogens (primary N) is 2. The van der Waals surface area contributed by atoms with Crippen molar-refractivity contribution in [3.63, 3.8) is 0 Å². The van der Waals surface area contributed by atoms with Gasteiger partial charge in [-0.1, -0.05) is 140 Å². The Morgan fingerprint density at radius 2 is 1.22 bits per heavy atom. The number of hydrogen-bond acceptors (Lipinski definition) is 14. The summed E-state index contributed by atoms with van der Waals surface area (Å²) in [6.07, 6.45) is 0.746. The molecule has 0 aliphatic carbocycles. The number of esters is 2. The molecule has 0 fully saturated rings. The highest BCUT2D eigenvalue weighted by Crippen LogP contribution is 2.24. The number of amides is 1. The SMILES string of the molecule is C.CC(C)[C@@H](CC(=O)OCc1ccccc1)C(=O)O.CCC(=S)CNC(=O)[C@H](CC(=O)OCc1ccccc1)C(C)C.CNC(N)=S.CNc1nnc([C@H](N)C(C)C)s1.N. The minimum atomic E-state index is -0.957. The first-order valence-electron chi connectivity index (χ1n) is 19.0. The number of anilines is 1. The number of aromatic nitrogens is 2. The molecule has 0 spiro atoms. The van der Waals surface area contributed by atoms with Crippen LogP contribution >= 0.6 is 35.8 Å². The number of carbonyl (C=O) groups is 4. The van der Waals surface area contributed by atoms with Gasteiger partial charge in [-0.15, -0.1) is 10.2 Å². The summed E-state index contributed by atoms with van der Waals surface area (Å²) in [4.78, 5) is 47.5. The van der Waals surface area contributed by atoms with Crippen LogP contribution in [0.1, 0.15) is 97.3 Å². The van der Waals surface area contributed by atoms with Gasteiger partial charge in [-0.3, -0.25) is 19.2 Å². The monoisotopic (exact) mass is 894 g/mol. The quantitative estimate of drug-likeness (QED) is 0.0490. The van der Waals surface area contributed by atoms with Crippen molar-refractivity contribution in [3.8, 4) is 0 Å². The number of aliphatic carboxylic acids is 1. The fourth-order valence-corrected chi connectivity index (χ4v) is 5.33. The molecule has 3 rings (SSSR count). The zero-order valence-corrected chi connectivity index (χ0v) is 38.3. The maximum Gasteiger partial charge on any atom is 0.307 e. The van der Waals surface area contributed by atoms with E-state index in [1.54, 1.807) is 20.9 Å². The van der Waals surface area contributed by atoms with Crippen molar-refractivity contribution in [2.24, 2.45) is 41.1 Å². The topological polar surface area (TPSA) is 256 Å². The molecular formula is C42H70N8O7S3. The van der Waals surface area contributed by atoms with Crippen molar-refractivity contribution in [3.05, 3.63) is 76.8 Å². The summed E-state index contributed by atoms with van der Waals surface area (Å²) in [5.74, 6) is -2.66. The number of benzene rings is 2. The van der Waals surface area contributed by atoms with Crippen LogP contribution in [0.25, 0.3) is 0 Å². The van der Waals surface area contributed by atoms with Crippen LogP contribution in [0.2, 0.25) is 0 Å². The van der Waals surface area contributed by atoms with E-state index >= 15 is 0 Å². The Morgan fingerprint density at radius 3 is 1.55 bits per heavy atom. The largest absolute Gasteiger partial charge is 0.481 e. The maximum atomic E-state index is 12.2. The molecule has 0 aliphatic rings. The van der Waals surface area contributed by atoms with Crippen LogP contribution in [-0.2, 0) is 41.9 Å². The lowest BCUT2D eigenvalue weighted by molar-refractivity contribution is -0.153. The van der Waals surface area contributed by atoms with Crippen LogP contribution in [0.5, 0.6) is 0 Å². The molecule has 1 heterocycles. The molecule has 0 bridgehead atoms. The normalized spacial score (nSPS) is 11.4. The standard InChI is InChI=1S/C18H25NO3S.C14H18O4.C7H14N4S.C2H6N2S.CH4.H3N/c1-4-15(23)11-19-18(21)16(13(2)3)10-17(20)22-12-14-8-6-5-7-9-14;1-10(2)12(14(16)17)8-13(15)18-9-11-6-4-3-5-7-11;1-4(2)5(8)6-10-11-7(9-3)12-6;1-4-2(3)5;;/h5-9,13,16H,4,10-12H2,1-3H3,(H,19,21);3-7,10,12H,8-9H2,1-2H3,(H,16,17);4-5H,8H2,1-3H3,(H,9,11);1H3,(H3,3,4,5);1H4;1H3/t16-;12-;5-;;;/m111.../s1. The molecular weight excluding hydrogens is 825 g/mol. The lowest BCUT2D eigenvalue weighted by atomic mass is 9.91. The van der Waals surface area contributed by atoms with Gasteiger partial charge in [0.15, 0.2) is 5.11 Å². The molecule has 0 unspecified atom stereocenters. The fourth-order valence-electron chi connectivity index (χ4n) is 4.39. The van der Waals surface area contributed by atoms with Crippen molar-refractivity contribution in [2.45, 2.75) is 94.4 Å². The summed E-state index contributed by atoms with van der Waals surface area (Å²) in [7, 11) is 3.51. The van der Waals surface area contributed by atoms with Crippen molar-refractivity contribution < 1.29 is 33.8 Å². The number of carbonyl (C=O) groups excluding carboxylic acids is 3. The van der Waals surface area contributed by atoms with Gasteiger partial charge in [0, 0.05) is 25.5 Å². The van der Waals surface area contributed by atoms with Gasteiger partial charge in [-0.05, 0) is 47.5 Å². The Bertz CT molecular complexity index is 1660. The van der Waals surface area contributed by atoms with Crippen LogP contribution < -0.4 is 33.6 Å². The van der Waals surface area contributed by atoms with Crippen LogP contribution in [0, 0.1) is 29.6 Å². The second-order valence-electron chi connectivity index (χ2n) is 13.9. The predicted octanol–water partition coefficient (Wildman–Crippen LogP) is 7.25. The smallest absolute Gasteiger partial charge is 0.307 e. The van der Waals surface area contributed by atoms with Crippen molar-refractivity contribution in [1.29, 1.82) is 0 Å². The van der Waals surface area contributed by atoms with E-state index in [-0.39, 0.29) is 69.4 Å². The second kappa shape index (κ2) is 34.1. The molecule has 15 nitrogen and oxygen atoms in total. The van der Waals surface area contributed by atoms with Crippen LogP contribution in [0.4, 0.5) is 5.13 Å². The van der Waals surface area contributed by atoms with Gasteiger partial charge in [-0.25, -0.2) is 0 Å². The first-order chi connectivity index (χ1) is 27.4. The number of nitrogens with zero attached hydrogens (tertiary/aromatic N) is 2. The lowest BCUT2D eigenvalue weighted by Gasteiger charge is -2.19. The summed E-state index contributed by atoms with van der Waals surface area (Å²) in [6, 6.07) is 18.8. The summed E-state index contributed by atoms with van der Waals surface area (Å²) < 4.78 is 10.3. The van der Waals surface area contributed by atoms with E-state index < -0.39 is 23.8 Å². The second-order valence-corrected chi connectivity index (χ2v) is 16.0. The van der Waals surface area contributed by atoms with E-state index in [1.807, 2.05) is 88.5 Å². The highest BCUT2D eigenvalue weighted by Gasteiger charge is 2.26. The highest BCUT2D eigenvalue weighted by atomic mass is 32.1. The van der Waals surface area contributed by atoms with Crippen LogP contribution in [-0.4, -0.2) is 69.7 Å². The number of thiocarbonyl (C=S) groups is 2. The summed E-state index contributed by atoms with van der Waals surface area (Å²) in [6.45, 7) is 14.3. The van der Waals surface area contributed by atoms with Gasteiger partial charge in [-0.2, -0.15) is 0 Å². The Hall–Kier alpha value is -4.62. The van der Waals surface area contributed by atoms with Crippen molar-refractivity contribution in [2.75, 3.05) is 26.0 Å². The molecule has 18 heteroatoms. The average Bonchev–Trinajstić information content (AvgIpc) is 3.69. The van der Waals surface area contributed by atoms with Gasteiger partial charge in [0.2, 0.25) is 11.0 Å². The maximum absolute atomic E-state index is 12.2. The molecule has 11 N–H and O–H groups in total. The number of carboxylic acid groups (broad SMARTS) is 1. The Morgan fingerprint density at radius 1 is 0.783 bits per heavy atom. The number of carboxylic acids is 1. The fraction of sp³-hybridized carbons (Fsp3) is 0.524. The Balaban J connectivity index is -0.000000783. The molecule has 338 valence electrons. The molecule has 0 aliphatic heterocycles. The molecule has 3 atom stereocenters. The number of nitrogens with one attached hydrogen (secondary N) is 3. The first kappa shape index (κ1) is 59.7. The zero-order valence-electron chi connectivity index (χ0n) is 35.9. The number of rotatable bonds is 18. The average molecular weight is 895 g/mol. The first-order valence-corrected chi connectivity index (χ1v) is 20.6. The van der Waals surface area contributed by atoms with Gasteiger partial charge in [0.05, 0.1) is 30.7 Å². The van der Waals surface area contributed by atoms with E-state index in [9.17, 15) is 19.2 Å². The van der Waals surface area contributed by atoms with Gasteiger partial charge >= 0.3 is 17.9 Å². The molecule has 0 radical (unpaired) electrons. The zero-order chi connectivity index (χ0) is 44.2. The predicted molar refractivity (Wildman–Crippen MR) is 251 cm³/mol. The van der Waals surface area contributed by atoms with Crippen LogP contribution in [0.3, 0.4) is 0 Å². The number of ether oxygens (including phenoxy) is 2. The third-order valence-electron chi connectivity index (χ3n) is 8.28. The van der Waals surface area contributed by atoms with E-state index in [4.69, 9.17) is 38.3 Å². The van der Waals surface area contributed by atoms with E-state index in [2.05, 4.69) is 52.2 Å². The minimum absolute atomic E-state index is 0. The van der Waals surface area contributed by atoms with Gasteiger partial charge < -0.3 is 48.1 Å². The molecule has 0 saturated heterocycles. The van der Waals surface area contributed by atoms with E-state index in [0.717, 1.165) is 32.6 Å². The third-order valence-corrected chi connectivity index (χ3v) is 9.96. The van der Waals surface area contributed by atoms with Crippen LogP contribution in [0.15, 0.2) is 60.7 Å². The molecule has 1 aromatic heterocycles. The summed E-state index contributed by atoms with van der Waals surface area (Å²) in [5.41, 5.74) is 12.6. The van der Waals surface area contributed by atoms with E-state index in [0.29, 0.717) is 17.6 Å². The third kappa shape index (κ3) is 27.2. The lowest BCUT2D eigenvalue weighted by Crippen LogP contribution is -2.37. The molecule has 0 saturated carbocycles. The molecule has 2 aromatic carbocycles.